The number of amides is 2. The van der Waals surface area contributed by atoms with Crippen molar-refractivity contribution in [2.45, 2.75) is 19.8 Å². The first-order valence-electron chi connectivity index (χ1n) is 8.94. The van der Waals surface area contributed by atoms with Gasteiger partial charge in [-0.25, -0.2) is 0 Å². The van der Waals surface area contributed by atoms with Crippen molar-refractivity contribution in [3.63, 3.8) is 0 Å². The van der Waals surface area contributed by atoms with Gasteiger partial charge in [0.2, 0.25) is 11.8 Å². The molecule has 6 nitrogen and oxygen atoms in total. The molecule has 2 aromatic rings. The first-order valence-corrected chi connectivity index (χ1v) is 9.73. The first-order chi connectivity index (χ1) is 13.9. The molecule has 0 aliphatic carbocycles. The summed E-state index contributed by atoms with van der Waals surface area (Å²) in [5.74, 6) is 0.268. The number of hydrogen-bond donors (Lipinski definition) is 3. The summed E-state index contributed by atoms with van der Waals surface area (Å²) in [6.45, 7) is 1.93. The minimum atomic E-state index is -0.387. The molecule has 2 rings (SSSR count). The molecule has 2 aromatic carbocycles. The van der Waals surface area contributed by atoms with E-state index in [4.69, 9.17) is 28.6 Å². The lowest BCUT2D eigenvalue weighted by Gasteiger charge is -2.12. The van der Waals surface area contributed by atoms with Crippen LogP contribution < -0.4 is 20.7 Å². The number of ether oxygens (including phenoxy) is 1. The molecule has 0 fully saturated rings. The zero-order chi connectivity index (χ0) is 21.2. The molecule has 2 amide bonds. The Morgan fingerprint density at radius 2 is 1.86 bits per heavy atom. The molecule has 0 spiro atoms. The molecule has 8 heteroatoms. The van der Waals surface area contributed by atoms with Crippen LogP contribution in [0.3, 0.4) is 0 Å². The fourth-order valence-electron chi connectivity index (χ4n) is 2.34. The van der Waals surface area contributed by atoms with Crippen LogP contribution >= 0.6 is 23.8 Å². The highest BCUT2D eigenvalue weighted by Gasteiger charge is 2.08. The maximum Gasteiger partial charge on any atom is 0.250 e. The van der Waals surface area contributed by atoms with Gasteiger partial charge in [0, 0.05) is 18.2 Å². The van der Waals surface area contributed by atoms with Crippen LogP contribution in [0.5, 0.6) is 5.75 Å². The first kappa shape index (κ1) is 22.4. The Morgan fingerprint density at radius 1 is 1.14 bits per heavy atom. The van der Waals surface area contributed by atoms with Gasteiger partial charge in [0.1, 0.15) is 5.75 Å². The second kappa shape index (κ2) is 11.2. The second-order valence-corrected chi connectivity index (χ2v) is 6.86. The van der Waals surface area contributed by atoms with E-state index in [0.717, 1.165) is 17.7 Å². The van der Waals surface area contributed by atoms with Gasteiger partial charge in [0.25, 0.3) is 0 Å². The van der Waals surface area contributed by atoms with Crippen molar-refractivity contribution < 1.29 is 14.3 Å². The third-order valence-electron chi connectivity index (χ3n) is 3.76. The van der Waals surface area contributed by atoms with Crippen LogP contribution in [-0.2, 0) is 9.59 Å². The van der Waals surface area contributed by atoms with E-state index >= 15 is 0 Å². The van der Waals surface area contributed by atoms with Crippen LogP contribution in [0.1, 0.15) is 25.3 Å². The van der Waals surface area contributed by atoms with Gasteiger partial charge in [-0.1, -0.05) is 30.7 Å². The number of halogens is 1. The van der Waals surface area contributed by atoms with Gasteiger partial charge in [-0.15, -0.1) is 0 Å². The van der Waals surface area contributed by atoms with E-state index in [2.05, 4.69) is 16.0 Å². The third kappa shape index (κ3) is 7.56. The Hall–Kier alpha value is -2.90. The summed E-state index contributed by atoms with van der Waals surface area (Å²) in [5.41, 5.74) is 1.91. The smallest absolute Gasteiger partial charge is 0.250 e. The summed E-state index contributed by atoms with van der Waals surface area (Å²) in [6, 6.07) is 12.3. The van der Waals surface area contributed by atoms with Gasteiger partial charge >= 0.3 is 0 Å². The number of hydrogen-bond acceptors (Lipinski definition) is 4. The standard InChI is InChI=1S/C21H22ClN3O3S/c1-3-4-19(26)23-15-8-11-17(22)18(13-15)24-21(29)25-20(27)12-7-14-5-9-16(28-2)10-6-14/h5-13H,3-4H2,1-2H3,(H,23,26)(H2,24,25,27,29). The quantitative estimate of drug-likeness (QED) is 0.440. The molecule has 3 N–H and O–H groups in total. The fraction of sp³-hybridized carbons (Fsp3) is 0.190. The summed E-state index contributed by atoms with van der Waals surface area (Å²) >= 11 is 11.3. The van der Waals surface area contributed by atoms with Gasteiger partial charge in [0.05, 0.1) is 17.8 Å². The van der Waals surface area contributed by atoms with Gasteiger partial charge in [-0.3, -0.25) is 14.9 Å². The summed E-state index contributed by atoms with van der Waals surface area (Å²) < 4.78 is 5.09. The Labute approximate surface area is 180 Å². The maximum absolute atomic E-state index is 12.1. The molecule has 152 valence electrons. The Morgan fingerprint density at radius 3 is 2.52 bits per heavy atom. The van der Waals surface area contributed by atoms with Crippen molar-refractivity contribution in [3.8, 4) is 5.75 Å². The van der Waals surface area contributed by atoms with E-state index in [-0.39, 0.29) is 16.9 Å². The Bertz CT molecular complexity index is 914. The summed E-state index contributed by atoms with van der Waals surface area (Å²) in [6.07, 6.45) is 4.22. The summed E-state index contributed by atoms with van der Waals surface area (Å²) in [4.78, 5) is 23.8. The van der Waals surface area contributed by atoms with E-state index < -0.39 is 0 Å². The van der Waals surface area contributed by atoms with E-state index in [1.165, 1.54) is 6.08 Å². The highest BCUT2D eigenvalue weighted by atomic mass is 35.5. The van der Waals surface area contributed by atoms with Crippen molar-refractivity contribution >= 4 is 58.2 Å². The molecule has 0 radical (unpaired) electrons. The number of carbonyl (C=O) groups is 2. The molecule has 0 unspecified atom stereocenters. The van der Waals surface area contributed by atoms with Crippen LogP contribution in [0.2, 0.25) is 5.02 Å². The Balaban J connectivity index is 1.94. The van der Waals surface area contributed by atoms with Crippen LogP contribution in [-0.4, -0.2) is 24.0 Å². The number of anilines is 2. The van der Waals surface area contributed by atoms with Gasteiger partial charge < -0.3 is 15.4 Å². The van der Waals surface area contributed by atoms with Crippen LogP contribution in [0.15, 0.2) is 48.5 Å². The van der Waals surface area contributed by atoms with Crippen molar-refractivity contribution in [1.29, 1.82) is 0 Å². The van der Waals surface area contributed by atoms with Crippen LogP contribution in [0, 0.1) is 0 Å². The zero-order valence-electron chi connectivity index (χ0n) is 16.1. The number of nitrogens with one attached hydrogen (secondary N) is 3. The van der Waals surface area contributed by atoms with Gasteiger partial charge in [-0.2, -0.15) is 0 Å². The third-order valence-corrected chi connectivity index (χ3v) is 4.29. The Kier molecular flexibility index (Phi) is 8.64. The monoisotopic (exact) mass is 431 g/mol. The molecule has 0 aliphatic rings. The highest BCUT2D eigenvalue weighted by Crippen LogP contribution is 2.25. The number of benzene rings is 2. The predicted octanol–water partition coefficient (Wildman–Crippen LogP) is 4.61. The summed E-state index contributed by atoms with van der Waals surface area (Å²) in [5, 5.41) is 8.70. The van der Waals surface area contributed by atoms with Crippen molar-refractivity contribution in [1.82, 2.24) is 5.32 Å². The molecule has 0 bridgehead atoms. The average molecular weight is 432 g/mol. The average Bonchev–Trinajstić information content (AvgIpc) is 2.69. The van der Waals surface area contributed by atoms with Crippen LogP contribution in [0.4, 0.5) is 11.4 Å². The SMILES string of the molecule is CCCC(=O)Nc1ccc(Cl)c(NC(=S)NC(=O)C=Cc2ccc(OC)cc2)c1. The van der Waals surface area contributed by atoms with E-state index in [1.54, 1.807) is 43.5 Å². The second-order valence-electron chi connectivity index (χ2n) is 6.04. The molecular formula is C21H22ClN3O3S. The number of carbonyl (C=O) groups excluding carboxylic acids is 2. The minimum Gasteiger partial charge on any atom is -0.497 e. The van der Waals surface area contributed by atoms with Crippen LogP contribution in [0.25, 0.3) is 6.08 Å². The largest absolute Gasteiger partial charge is 0.497 e. The van der Waals surface area contributed by atoms with E-state index in [0.29, 0.717) is 22.8 Å². The molecule has 0 aromatic heterocycles. The molecular weight excluding hydrogens is 410 g/mol. The molecule has 0 atom stereocenters. The zero-order valence-corrected chi connectivity index (χ0v) is 17.7. The van der Waals surface area contributed by atoms with Gasteiger partial charge in [0.15, 0.2) is 5.11 Å². The summed E-state index contributed by atoms with van der Waals surface area (Å²) in [7, 11) is 1.59. The number of rotatable bonds is 7. The van der Waals surface area contributed by atoms with E-state index in [9.17, 15) is 9.59 Å². The van der Waals surface area contributed by atoms with Gasteiger partial charge in [-0.05, 0) is 60.6 Å². The topological polar surface area (TPSA) is 79.5 Å². The lowest BCUT2D eigenvalue weighted by atomic mass is 10.2. The fourth-order valence-corrected chi connectivity index (χ4v) is 2.72. The number of methoxy groups -OCH3 is 1. The predicted molar refractivity (Wildman–Crippen MR) is 121 cm³/mol. The normalized spacial score (nSPS) is 10.4. The maximum atomic E-state index is 12.1. The molecule has 0 heterocycles. The molecule has 0 saturated heterocycles. The number of thiocarbonyl (C=S) groups is 1. The lowest BCUT2D eigenvalue weighted by molar-refractivity contribution is -0.116. The van der Waals surface area contributed by atoms with Crippen molar-refractivity contribution in [3.05, 3.63) is 59.1 Å². The van der Waals surface area contributed by atoms with Crippen molar-refractivity contribution in [2.24, 2.45) is 0 Å². The molecule has 0 saturated carbocycles. The minimum absolute atomic E-state index is 0.0830. The highest BCUT2D eigenvalue weighted by molar-refractivity contribution is 7.80. The van der Waals surface area contributed by atoms with Crippen molar-refractivity contribution in [2.75, 3.05) is 17.7 Å². The lowest BCUT2D eigenvalue weighted by Crippen LogP contribution is -2.32. The molecule has 29 heavy (non-hydrogen) atoms. The molecule has 0 aliphatic heterocycles. The van der Waals surface area contributed by atoms with E-state index in [1.807, 2.05) is 19.1 Å².